The minimum absolute atomic E-state index is 0.0764. The lowest BCUT2D eigenvalue weighted by atomic mass is 9.99. The maximum absolute atomic E-state index is 13.1. The molecule has 4 amide bonds. The van der Waals surface area contributed by atoms with Crippen molar-refractivity contribution < 1.29 is 23.9 Å². The minimum atomic E-state index is -0.881. The van der Waals surface area contributed by atoms with E-state index >= 15 is 0 Å². The lowest BCUT2D eigenvalue weighted by Crippen LogP contribution is -2.56. The topological polar surface area (TPSA) is 140 Å². The van der Waals surface area contributed by atoms with Crippen LogP contribution in [0.5, 0.6) is 0 Å². The van der Waals surface area contributed by atoms with Crippen molar-refractivity contribution in [2.75, 3.05) is 0 Å². The molecule has 34 heavy (non-hydrogen) atoms. The number of hydrogen-bond donors (Lipinski definition) is 4. The number of carbonyl (C=O) groups is 4. The molecule has 0 saturated carbocycles. The van der Waals surface area contributed by atoms with E-state index in [2.05, 4.69) is 16.0 Å². The minimum Gasteiger partial charge on any atom is -0.445 e. The van der Waals surface area contributed by atoms with E-state index in [1.54, 1.807) is 0 Å². The van der Waals surface area contributed by atoms with Gasteiger partial charge >= 0.3 is 6.09 Å². The van der Waals surface area contributed by atoms with E-state index in [0.717, 1.165) is 5.56 Å². The Morgan fingerprint density at radius 1 is 0.824 bits per heavy atom. The van der Waals surface area contributed by atoms with E-state index in [-0.39, 0.29) is 18.4 Å². The molecule has 0 aliphatic carbocycles. The molecule has 0 fully saturated rings. The van der Waals surface area contributed by atoms with Gasteiger partial charge in [-0.15, -0.1) is 0 Å². The highest BCUT2D eigenvalue weighted by Crippen LogP contribution is 2.10. The summed E-state index contributed by atoms with van der Waals surface area (Å²) in [4.78, 5) is 50.0. The first kappa shape index (κ1) is 28.9. The van der Waals surface area contributed by atoms with Crippen LogP contribution in [0.4, 0.5) is 4.79 Å². The van der Waals surface area contributed by atoms with Crippen molar-refractivity contribution in [3.63, 3.8) is 0 Å². The molecule has 1 rings (SSSR count). The fraction of sp³-hybridized carbons (Fsp3) is 0.600. The number of amides is 4. The summed E-state index contributed by atoms with van der Waals surface area (Å²) >= 11 is 0. The summed E-state index contributed by atoms with van der Waals surface area (Å²) in [5.41, 5.74) is 6.23. The van der Waals surface area contributed by atoms with Crippen LogP contribution in [0.3, 0.4) is 0 Å². The largest absolute Gasteiger partial charge is 0.445 e. The molecule has 0 saturated heterocycles. The smallest absolute Gasteiger partial charge is 0.408 e. The van der Waals surface area contributed by atoms with Gasteiger partial charge < -0.3 is 26.4 Å². The van der Waals surface area contributed by atoms with Crippen LogP contribution in [0, 0.1) is 11.8 Å². The summed E-state index contributed by atoms with van der Waals surface area (Å²) in [5.74, 6) is -1.38. The maximum Gasteiger partial charge on any atom is 0.408 e. The van der Waals surface area contributed by atoms with E-state index < -0.39 is 41.9 Å². The van der Waals surface area contributed by atoms with Gasteiger partial charge in [-0.25, -0.2) is 4.79 Å². The van der Waals surface area contributed by atoms with Crippen molar-refractivity contribution >= 4 is 23.8 Å². The van der Waals surface area contributed by atoms with Gasteiger partial charge in [0.15, 0.2) is 0 Å². The zero-order valence-electron chi connectivity index (χ0n) is 20.9. The van der Waals surface area contributed by atoms with Gasteiger partial charge in [0.2, 0.25) is 17.7 Å². The van der Waals surface area contributed by atoms with Crippen LogP contribution in [0.2, 0.25) is 0 Å². The van der Waals surface area contributed by atoms with E-state index in [4.69, 9.17) is 10.5 Å². The Labute approximate surface area is 202 Å². The number of rotatable bonds is 14. The lowest BCUT2D eigenvalue weighted by Gasteiger charge is -2.26. The van der Waals surface area contributed by atoms with Crippen molar-refractivity contribution in [3.8, 4) is 0 Å². The average molecular weight is 477 g/mol. The third kappa shape index (κ3) is 11.2. The van der Waals surface area contributed by atoms with Crippen LogP contribution in [0.1, 0.15) is 65.9 Å². The Kier molecular flexibility index (Phi) is 12.7. The predicted octanol–water partition coefficient (Wildman–Crippen LogP) is 2.63. The first-order valence-electron chi connectivity index (χ1n) is 11.9. The number of benzene rings is 1. The van der Waals surface area contributed by atoms with Crippen molar-refractivity contribution in [1.82, 2.24) is 16.0 Å². The van der Waals surface area contributed by atoms with Crippen molar-refractivity contribution in [2.45, 2.75) is 85.0 Å². The summed E-state index contributed by atoms with van der Waals surface area (Å²) in [7, 11) is 0. The van der Waals surface area contributed by atoms with Gasteiger partial charge in [-0.1, -0.05) is 71.4 Å². The van der Waals surface area contributed by atoms with E-state index in [1.807, 2.05) is 65.0 Å². The second-order valence-electron chi connectivity index (χ2n) is 9.33. The van der Waals surface area contributed by atoms with Gasteiger partial charge in [-0.3, -0.25) is 14.4 Å². The molecule has 0 bridgehead atoms. The molecule has 3 atom stereocenters. The molecule has 0 aliphatic rings. The molecule has 5 N–H and O–H groups in total. The molecule has 0 aliphatic heterocycles. The van der Waals surface area contributed by atoms with Gasteiger partial charge in [0.25, 0.3) is 0 Å². The van der Waals surface area contributed by atoms with Crippen LogP contribution in [0.15, 0.2) is 30.3 Å². The van der Waals surface area contributed by atoms with Gasteiger partial charge in [-0.05, 0) is 36.7 Å². The van der Waals surface area contributed by atoms with Crippen LogP contribution in [-0.2, 0) is 25.7 Å². The molecular formula is C25H40N4O5. The summed E-state index contributed by atoms with van der Waals surface area (Å²) in [6.07, 6.45) is 1.09. The highest BCUT2D eigenvalue weighted by atomic mass is 16.5. The fourth-order valence-electron chi connectivity index (χ4n) is 3.43. The summed E-state index contributed by atoms with van der Waals surface area (Å²) < 4.78 is 5.25. The highest BCUT2D eigenvalue weighted by Gasteiger charge is 2.30. The van der Waals surface area contributed by atoms with Crippen LogP contribution in [0.25, 0.3) is 0 Å². The monoisotopic (exact) mass is 476 g/mol. The number of ether oxygens (including phenoxy) is 1. The standard InChI is InChI=1S/C25H40N4O5/c1-6-10-19(22(26)30)27-23(31)20(13-16(2)3)28-24(32)21(14-17(4)5)29-25(33)34-15-18-11-8-7-9-12-18/h7-9,11-12,16-17,19-21H,6,10,13-15H2,1-5H3,(H2,26,30)(H,27,31)(H,28,32)(H,29,33). The first-order chi connectivity index (χ1) is 16.0. The molecule has 3 unspecified atom stereocenters. The number of alkyl carbamates (subject to hydrolysis) is 1. The molecule has 0 heterocycles. The molecule has 190 valence electrons. The quantitative estimate of drug-likeness (QED) is 0.327. The number of primary amides is 1. The maximum atomic E-state index is 13.1. The SMILES string of the molecule is CCCC(NC(=O)C(CC(C)C)NC(=O)C(CC(C)C)NC(=O)OCc1ccccc1)C(N)=O. The number of hydrogen-bond acceptors (Lipinski definition) is 5. The third-order valence-corrected chi connectivity index (χ3v) is 5.11. The molecule has 0 aromatic heterocycles. The van der Waals surface area contributed by atoms with Gasteiger partial charge in [0.05, 0.1) is 0 Å². The zero-order valence-corrected chi connectivity index (χ0v) is 20.9. The zero-order chi connectivity index (χ0) is 25.7. The fourth-order valence-corrected chi connectivity index (χ4v) is 3.43. The first-order valence-corrected chi connectivity index (χ1v) is 11.9. The highest BCUT2D eigenvalue weighted by molar-refractivity contribution is 5.93. The Bertz CT molecular complexity index is 798. The van der Waals surface area contributed by atoms with Crippen molar-refractivity contribution in [2.24, 2.45) is 17.6 Å². The second kappa shape index (κ2) is 14.9. The summed E-state index contributed by atoms with van der Waals surface area (Å²) in [6.45, 7) is 9.67. The van der Waals surface area contributed by atoms with Gasteiger partial charge in [0.1, 0.15) is 24.7 Å². The Morgan fingerprint density at radius 2 is 1.32 bits per heavy atom. The second-order valence-corrected chi connectivity index (χ2v) is 9.33. The molecule has 1 aromatic carbocycles. The molecule has 0 radical (unpaired) electrons. The Morgan fingerprint density at radius 3 is 1.79 bits per heavy atom. The lowest BCUT2D eigenvalue weighted by molar-refractivity contribution is -0.132. The molecular weight excluding hydrogens is 436 g/mol. The van der Waals surface area contributed by atoms with Crippen LogP contribution in [-0.4, -0.2) is 41.9 Å². The van der Waals surface area contributed by atoms with Crippen molar-refractivity contribution in [1.29, 1.82) is 0 Å². The summed E-state index contributed by atoms with van der Waals surface area (Å²) in [5, 5.41) is 8.01. The molecule has 9 heteroatoms. The normalized spacial score (nSPS) is 13.6. The number of nitrogens with two attached hydrogens (primary N) is 1. The third-order valence-electron chi connectivity index (χ3n) is 5.11. The van der Waals surface area contributed by atoms with Gasteiger partial charge in [-0.2, -0.15) is 0 Å². The summed E-state index contributed by atoms with van der Waals surface area (Å²) in [6, 6.07) is 6.66. The predicted molar refractivity (Wildman–Crippen MR) is 130 cm³/mol. The molecule has 0 spiro atoms. The van der Waals surface area contributed by atoms with E-state index in [1.165, 1.54) is 0 Å². The van der Waals surface area contributed by atoms with Crippen LogP contribution < -0.4 is 21.7 Å². The Hall–Kier alpha value is -3.10. The molecule has 1 aromatic rings. The number of nitrogens with one attached hydrogen (secondary N) is 3. The Balaban J connectivity index is 2.86. The van der Waals surface area contributed by atoms with Gasteiger partial charge in [0, 0.05) is 0 Å². The molecule has 9 nitrogen and oxygen atoms in total. The van der Waals surface area contributed by atoms with E-state index in [0.29, 0.717) is 25.7 Å². The van der Waals surface area contributed by atoms with Crippen LogP contribution >= 0.6 is 0 Å². The van der Waals surface area contributed by atoms with E-state index in [9.17, 15) is 19.2 Å². The average Bonchev–Trinajstić information content (AvgIpc) is 2.76. The number of carbonyl (C=O) groups excluding carboxylic acids is 4. The van der Waals surface area contributed by atoms with Crippen molar-refractivity contribution in [3.05, 3.63) is 35.9 Å².